The molecule has 0 aliphatic rings. The van der Waals surface area contributed by atoms with Crippen molar-refractivity contribution in [2.75, 3.05) is 25.1 Å². The third kappa shape index (κ3) is 8.23. The van der Waals surface area contributed by atoms with Crippen molar-refractivity contribution >= 4 is 17.7 Å². The molecule has 190 valence electrons. The lowest BCUT2D eigenvalue weighted by molar-refractivity contribution is -0.153. The average molecular weight is 493 g/mol. The van der Waals surface area contributed by atoms with Gasteiger partial charge in [-0.3, -0.25) is 0 Å². The monoisotopic (exact) mass is 492 g/mol. The van der Waals surface area contributed by atoms with Crippen molar-refractivity contribution in [2.45, 2.75) is 32.3 Å². The largest absolute Gasteiger partial charge is 0.494 e. The van der Waals surface area contributed by atoms with Gasteiger partial charge in [0.2, 0.25) is 5.60 Å². The number of anilines is 1. The van der Waals surface area contributed by atoms with Crippen LogP contribution in [0, 0.1) is 0 Å². The van der Waals surface area contributed by atoms with Gasteiger partial charge in [-0.15, -0.1) is 0 Å². The molecule has 3 aromatic rings. The Labute approximate surface area is 211 Å². The van der Waals surface area contributed by atoms with E-state index in [1.807, 2.05) is 25.1 Å². The number of amides is 2. The van der Waals surface area contributed by atoms with Crippen molar-refractivity contribution < 1.29 is 28.9 Å². The van der Waals surface area contributed by atoms with Crippen molar-refractivity contribution in [3.05, 3.63) is 84.4 Å². The first-order chi connectivity index (χ1) is 17.4. The summed E-state index contributed by atoms with van der Waals surface area (Å²) in [6.07, 6.45) is 0.825. The van der Waals surface area contributed by atoms with Crippen LogP contribution in [0.5, 0.6) is 17.2 Å². The van der Waals surface area contributed by atoms with Gasteiger partial charge in [-0.05, 0) is 74.4 Å². The Balaban J connectivity index is 1.39. The summed E-state index contributed by atoms with van der Waals surface area (Å²) in [5, 5.41) is 15.3. The van der Waals surface area contributed by atoms with Crippen LogP contribution >= 0.6 is 0 Å². The summed E-state index contributed by atoms with van der Waals surface area (Å²) in [6.45, 7) is 4.94. The van der Waals surface area contributed by atoms with Crippen LogP contribution in [-0.4, -0.2) is 42.5 Å². The fourth-order valence-electron chi connectivity index (χ4n) is 3.44. The smallest absolute Gasteiger partial charge is 0.348 e. The number of hydrogen-bond donors (Lipinski definition) is 3. The third-order valence-corrected chi connectivity index (χ3v) is 5.30. The number of carboxylic acids is 1. The van der Waals surface area contributed by atoms with Gasteiger partial charge < -0.3 is 30.0 Å². The van der Waals surface area contributed by atoms with E-state index in [0.717, 1.165) is 11.3 Å². The van der Waals surface area contributed by atoms with Crippen molar-refractivity contribution in [2.24, 2.45) is 0 Å². The minimum Gasteiger partial charge on any atom is -0.494 e. The molecule has 36 heavy (non-hydrogen) atoms. The summed E-state index contributed by atoms with van der Waals surface area (Å²) in [5.74, 6) is 0.888. The number of nitrogens with one attached hydrogen (secondary N) is 2. The van der Waals surface area contributed by atoms with E-state index >= 15 is 0 Å². The van der Waals surface area contributed by atoms with Crippen LogP contribution < -0.4 is 24.8 Å². The van der Waals surface area contributed by atoms with Crippen molar-refractivity contribution in [1.29, 1.82) is 0 Å². The van der Waals surface area contributed by atoms with Gasteiger partial charge in [0.25, 0.3) is 0 Å². The summed E-state index contributed by atoms with van der Waals surface area (Å²) in [7, 11) is 0. The summed E-state index contributed by atoms with van der Waals surface area (Å²) in [4.78, 5) is 23.9. The molecule has 0 spiro atoms. The average Bonchev–Trinajstić information content (AvgIpc) is 2.87. The van der Waals surface area contributed by atoms with Crippen molar-refractivity contribution in [3.8, 4) is 17.2 Å². The third-order valence-electron chi connectivity index (χ3n) is 5.30. The van der Waals surface area contributed by atoms with Crippen LogP contribution in [0.25, 0.3) is 0 Å². The number of hydrogen-bond acceptors (Lipinski definition) is 5. The number of carbonyl (C=O) groups is 2. The molecule has 3 aromatic carbocycles. The van der Waals surface area contributed by atoms with Crippen LogP contribution in [0.4, 0.5) is 10.5 Å². The first-order valence-electron chi connectivity index (χ1n) is 11.8. The highest BCUT2D eigenvalue weighted by atomic mass is 16.5. The number of aliphatic carboxylic acids is 1. The second-order valence-electron chi connectivity index (χ2n) is 8.31. The van der Waals surface area contributed by atoms with Crippen LogP contribution in [0.1, 0.15) is 25.8 Å². The molecule has 0 heterocycles. The number of urea groups is 1. The van der Waals surface area contributed by atoms with Gasteiger partial charge >= 0.3 is 12.0 Å². The van der Waals surface area contributed by atoms with Crippen molar-refractivity contribution in [1.82, 2.24) is 5.32 Å². The zero-order valence-corrected chi connectivity index (χ0v) is 20.5. The first-order valence-corrected chi connectivity index (χ1v) is 11.8. The molecule has 8 nitrogen and oxygen atoms in total. The molecule has 0 bridgehead atoms. The van der Waals surface area contributed by atoms with E-state index in [1.165, 1.54) is 0 Å². The normalized spacial score (nSPS) is 12.2. The molecule has 0 unspecified atom stereocenters. The maximum Gasteiger partial charge on any atom is 0.348 e. The quantitative estimate of drug-likeness (QED) is 0.285. The number of carbonyl (C=O) groups excluding carboxylic acids is 1. The lowest BCUT2D eigenvalue weighted by Crippen LogP contribution is -2.43. The second-order valence-corrected chi connectivity index (χ2v) is 8.31. The SMILES string of the molecule is CCOc1ccc(NC(=O)NCCCOc2ccc(C[C@](C)(Oc3ccccc3)C(=O)O)cc2)cc1. The molecule has 0 aliphatic carbocycles. The molecule has 2 amide bonds. The van der Waals surface area contributed by atoms with Gasteiger partial charge in [-0.1, -0.05) is 30.3 Å². The topological polar surface area (TPSA) is 106 Å². The number of benzene rings is 3. The fraction of sp³-hybridized carbons (Fsp3) is 0.286. The molecule has 3 N–H and O–H groups in total. The minimum atomic E-state index is -1.40. The van der Waals surface area contributed by atoms with Crippen LogP contribution in [0.3, 0.4) is 0 Å². The van der Waals surface area contributed by atoms with Crippen LogP contribution in [-0.2, 0) is 11.2 Å². The van der Waals surface area contributed by atoms with E-state index < -0.39 is 11.6 Å². The molecule has 0 saturated carbocycles. The van der Waals surface area contributed by atoms with Gasteiger partial charge in [0.1, 0.15) is 17.2 Å². The molecule has 0 fully saturated rings. The number of para-hydroxylation sites is 1. The zero-order chi connectivity index (χ0) is 25.8. The Morgan fingerprint density at radius 1 is 0.861 bits per heavy atom. The second kappa shape index (κ2) is 13.0. The lowest BCUT2D eigenvalue weighted by Gasteiger charge is -2.26. The molecule has 0 aromatic heterocycles. The standard InChI is InChI=1S/C28H32N2O6/c1-3-34-23-16-12-22(13-17-23)30-27(33)29-18-7-19-35-24-14-10-21(11-15-24)20-28(2,26(31)32)36-25-8-5-4-6-9-25/h4-6,8-17H,3,7,18-20H2,1-2H3,(H,31,32)(H2,29,30,33)/t28-/m0/s1. The summed E-state index contributed by atoms with van der Waals surface area (Å²) in [5.41, 5.74) is 0.0950. The van der Waals surface area contributed by atoms with Gasteiger partial charge in [0.05, 0.1) is 13.2 Å². The fourth-order valence-corrected chi connectivity index (χ4v) is 3.44. The van der Waals surface area contributed by atoms with Gasteiger partial charge in [0, 0.05) is 18.7 Å². The predicted octanol–water partition coefficient (Wildman–Crippen LogP) is 5.14. The van der Waals surface area contributed by atoms with E-state index in [-0.39, 0.29) is 12.5 Å². The van der Waals surface area contributed by atoms with Gasteiger partial charge in [-0.25, -0.2) is 9.59 Å². The predicted molar refractivity (Wildman–Crippen MR) is 138 cm³/mol. The zero-order valence-electron chi connectivity index (χ0n) is 20.5. The highest BCUT2D eigenvalue weighted by molar-refractivity contribution is 5.89. The van der Waals surface area contributed by atoms with Crippen molar-refractivity contribution in [3.63, 3.8) is 0 Å². The Hall–Kier alpha value is -4.20. The Bertz CT molecular complexity index is 1100. The molecule has 3 rings (SSSR count). The highest BCUT2D eigenvalue weighted by Gasteiger charge is 2.36. The summed E-state index contributed by atoms with van der Waals surface area (Å²) >= 11 is 0. The first kappa shape index (κ1) is 26.4. The van der Waals surface area contributed by atoms with E-state index in [2.05, 4.69) is 10.6 Å². The van der Waals surface area contributed by atoms with E-state index in [9.17, 15) is 14.7 Å². The van der Waals surface area contributed by atoms with Gasteiger partial charge in [0.15, 0.2) is 0 Å². The molecule has 0 saturated heterocycles. The molecule has 0 aliphatic heterocycles. The Kier molecular flexibility index (Phi) is 9.56. The lowest BCUT2D eigenvalue weighted by atomic mass is 9.96. The van der Waals surface area contributed by atoms with E-state index in [4.69, 9.17) is 14.2 Å². The molecular weight excluding hydrogens is 460 g/mol. The molecule has 8 heteroatoms. The highest BCUT2D eigenvalue weighted by Crippen LogP contribution is 2.24. The Morgan fingerprint density at radius 3 is 2.14 bits per heavy atom. The maximum atomic E-state index is 12.0. The van der Waals surface area contributed by atoms with E-state index in [1.54, 1.807) is 67.6 Å². The summed E-state index contributed by atoms with van der Waals surface area (Å²) < 4.78 is 16.9. The minimum absolute atomic E-state index is 0.199. The Morgan fingerprint density at radius 2 is 1.50 bits per heavy atom. The van der Waals surface area contributed by atoms with Gasteiger partial charge in [-0.2, -0.15) is 0 Å². The number of carboxylic acid groups (broad SMARTS) is 1. The maximum absolute atomic E-state index is 12.0. The van der Waals surface area contributed by atoms with Crippen LogP contribution in [0.15, 0.2) is 78.9 Å². The molecule has 0 radical (unpaired) electrons. The van der Waals surface area contributed by atoms with E-state index in [0.29, 0.717) is 43.4 Å². The molecule has 1 atom stereocenters. The molecular formula is C28H32N2O6. The summed E-state index contributed by atoms with van der Waals surface area (Å²) in [6, 6.07) is 23.0. The number of ether oxygens (including phenoxy) is 3. The number of rotatable bonds is 13. The van der Waals surface area contributed by atoms with Crippen LogP contribution in [0.2, 0.25) is 0 Å².